The Labute approximate surface area is 140 Å². The first kappa shape index (κ1) is 16.1. The van der Waals surface area contributed by atoms with Crippen LogP contribution in [0.2, 0.25) is 0 Å². The zero-order valence-corrected chi connectivity index (χ0v) is 13.6. The number of anilines is 1. The van der Waals surface area contributed by atoms with E-state index in [0.717, 1.165) is 16.7 Å². The van der Waals surface area contributed by atoms with Crippen molar-refractivity contribution in [1.82, 2.24) is 9.97 Å². The average molecular weight is 340 g/mol. The number of hydrogen-bond acceptors (Lipinski definition) is 5. The molecule has 0 fully saturated rings. The number of nitrogens with one attached hydrogen (secondary N) is 1. The van der Waals surface area contributed by atoms with Crippen molar-refractivity contribution in [3.63, 3.8) is 0 Å². The highest BCUT2D eigenvalue weighted by atomic mass is 32.2. The highest BCUT2D eigenvalue weighted by molar-refractivity contribution is 7.89. The zero-order valence-electron chi connectivity index (χ0n) is 12.8. The molecule has 0 unspecified atom stereocenters. The van der Waals surface area contributed by atoms with E-state index in [9.17, 15) is 8.42 Å². The summed E-state index contributed by atoms with van der Waals surface area (Å²) in [4.78, 5) is 8.13. The lowest BCUT2D eigenvalue weighted by atomic mass is 10.1. The van der Waals surface area contributed by atoms with Gasteiger partial charge >= 0.3 is 0 Å². The fourth-order valence-corrected chi connectivity index (χ4v) is 2.95. The third kappa shape index (κ3) is 3.76. The molecule has 0 saturated heterocycles. The SMILES string of the molecule is NS(=O)(=O)c1cccnc1NCc1ccc(-c2cccnc2)cc1. The maximum atomic E-state index is 11.6. The first-order chi connectivity index (χ1) is 11.5. The minimum Gasteiger partial charge on any atom is -0.365 e. The van der Waals surface area contributed by atoms with Gasteiger partial charge in [-0.25, -0.2) is 18.5 Å². The summed E-state index contributed by atoms with van der Waals surface area (Å²) in [6.07, 6.45) is 5.06. The second kappa shape index (κ2) is 6.77. The Morgan fingerprint density at radius 1 is 0.958 bits per heavy atom. The molecule has 0 amide bonds. The van der Waals surface area contributed by atoms with Gasteiger partial charge in [-0.2, -0.15) is 0 Å². The summed E-state index contributed by atoms with van der Waals surface area (Å²) in [5.74, 6) is 0.247. The Hall–Kier alpha value is -2.77. The van der Waals surface area contributed by atoms with Crippen LogP contribution in [0.3, 0.4) is 0 Å². The topological polar surface area (TPSA) is 98.0 Å². The van der Waals surface area contributed by atoms with E-state index < -0.39 is 10.0 Å². The van der Waals surface area contributed by atoms with E-state index in [-0.39, 0.29) is 10.7 Å². The number of rotatable bonds is 5. The smallest absolute Gasteiger partial charge is 0.241 e. The number of pyridine rings is 2. The Morgan fingerprint density at radius 3 is 2.38 bits per heavy atom. The number of sulfonamides is 1. The summed E-state index contributed by atoms with van der Waals surface area (Å²) in [7, 11) is -3.81. The molecule has 0 bridgehead atoms. The number of nitrogens with two attached hydrogens (primary N) is 1. The zero-order chi connectivity index (χ0) is 17.0. The van der Waals surface area contributed by atoms with Crippen LogP contribution in [0.25, 0.3) is 11.1 Å². The summed E-state index contributed by atoms with van der Waals surface area (Å²) in [6, 6.07) is 14.8. The third-order valence-corrected chi connectivity index (χ3v) is 4.43. The lowest BCUT2D eigenvalue weighted by molar-refractivity contribution is 0.597. The van der Waals surface area contributed by atoms with Gasteiger partial charge in [-0.3, -0.25) is 4.98 Å². The molecule has 3 aromatic rings. The Bertz CT molecular complexity index is 926. The largest absolute Gasteiger partial charge is 0.365 e. The molecule has 0 aliphatic heterocycles. The predicted molar refractivity (Wildman–Crippen MR) is 92.6 cm³/mol. The van der Waals surface area contributed by atoms with Crippen LogP contribution in [0.4, 0.5) is 5.82 Å². The van der Waals surface area contributed by atoms with E-state index in [0.29, 0.717) is 6.54 Å². The van der Waals surface area contributed by atoms with Gasteiger partial charge in [0.25, 0.3) is 0 Å². The van der Waals surface area contributed by atoms with Gasteiger partial charge in [-0.05, 0) is 34.9 Å². The first-order valence-corrected chi connectivity index (χ1v) is 8.80. The van der Waals surface area contributed by atoms with Crippen molar-refractivity contribution < 1.29 is 8.42 Å². The van der Waals surface area contributed by atoms with Gasteiger partial charge in [-0.15, -0.1) is 0 Å². The van der Waals surface area contributed by atoms with Crippen molar-refractivity contribution in [3.05, 3.63) is 72.7 Å². The molecule has 0 atom stereocenters. The molecule has 3 N–H and O–H groups in total. The van der Waals surface area contributed by atoms with Gasteiger partial charge in [0.1, 0.15) is 10.7 Å². The number of primary sulfonamides is 1. The first-order valence-electron chi connectivity index (χ1n) is 7.25. The fraction of sp³-hybridized carbons (Fsp3) is 0.0588. The van der Waals surface area contributed by atoms with Gasteiger partial charge in [0.15, 0.2) is 0 Å². The van der Waals surface area contributed by atoms with Crippen molar-refractivity contribution in [3.8, 4) is 11.1 Å². The second-order valence-corrected chi connectivity index (χ2v) is 6.72. The van der Waals surface area contributed by atoms with E-state index in [1.54, 1.807) is 12.4 Å². The average Bonchev–Trinajstić information content (AvgIpc) is 2.61. The van der Waals surface area contributed by atoms with E-state index in [1.807, 2.05) is 36.4 Å². The molecule has 122 valence electrons. The molecular formula is C17H16N4O2S. The molecule has 0 spiro atoms. The van der Waals surface area contributed by atoms with Crippen LogP contribution in [0, 0.1) is 0 Å². The minimum absolute atomic E-state index is 0.0167. The summed E-state index contributed by atoms with van der Waals surface area (Å²) in [6.45, 7) is 0.437. The van der Waals surface area contributed by atoms with Crippen molar-refractivity contribution in [2.24, 2.45) is 5.14 Å². The fourth-order valence-electron chi connectivity index (χ4n) is 2.29. The normalized spacial score (nSPS) is 11.2. The van der Waals surface area contributed by atoms with Crippen molar-refractivity contribution in [1.29, 1.82) is 0 Å². The van der Waals surface area contributed by atoms with Crippen LogP contribution in [0.5, 0.6) is 0 Å². The van der Waals surface area contributed by atoms with E-state index in [1.165, 1.54) is 18.3 Å². The van der Waals surface area contributed by atoms with E-state index in [4.69, 9.17) is 5.14 Å². The molecule has 7 heteroatoms. The van der Waals surface area contributed by atoms with Crippen molar-refractivity contribution >= 4 is 15.8 Å². The number of benzene rings is 1. The Balaban J connectivity index is 1.75. The Kier molecular flexibility index (Phi) is 4.54. The predicted octanol–water partition coefficient (Wildman–Crippen LogP) is 2.40. The number of hydrogen-bond donors (Lipinski definition) is 2. The summed E-state index contributed by atoms with van der Waals surface area (Å²) in [5.41, 5.74) is 3.10. The highest BCUT2D eigenvalue weighted by Gasteiger charge is 2.14. The monoisotopic (exact) mass is 340 g/mol. The second-order valence-electron chi connectivity index (χ2n) is 5.19. The molecule has 2 heterocycles. The summed E-state index contributed by atoms with van der Waals surface area (Å²) in [5, 5.41) is 8.21. The standard InChI is InChI=1S/C17H16N4O2S/c18-24(22,23)16-4-2-10-20-17(16)21-11-13-5-7-14(8-6-13)15-3-1-9-19-12-15/h1-10,12H,11H2,(H,20,21)(H2,18,22,23). The van der Waals surface area contributed by atoms with E-state index >= 15 is 0 Å². The van der Waals surface area contributed by atoms with Gasteiger partial charge in [-0.1, -0.05) is 30.3 Å². The van der Waals surface area contributed by atoms with Crippen LogP contribution in [-0.2, 0) is 16.6 Å². The number of nitrogens with zero attached hydrogens (tertiary/aromatic N) is 2. The maximum Gasteiger partial charge on any atom is 0.241 e. The lowest BCUT2D eigenvalue weighted by Gasteiger charge is -2.10. The van der Waals surface area contributed by atoms with Gasteiger partial charge in [0.2, 0.25) is 10.0 Å². The molecule has 3 rings (SSSR count). The maximum absolute atomic E-state index is 11.6. The lowest BCUT2D eigenvalue weighted by Crippen LogP contribution is -2.15. The van der Waals surface area contributed by atoms with Crippen molar-refractivity contribution in [2.75, 3.05) is 5.32 Å². The van der Waals surface area contributed by atoms with Crippen LogP contribution in [0.15, 0.2) is 72.0 Å². The molecule has 24 heavy (non-hydrogen) atoms. The number of aromatic nitrogens is 2. The molecule has 6 nitrogen and oxygen atoms in total. The van der Waals surface area contributed by atoms with Gasteiger partial charge < -0.3 is 5.32 Å². The molecule has 1 aromatic carbocycles. The molecule has 0 aliphatic rings. The molecule has 0 aliphatic carbocycles. The van der Waals surface area contributed by atoms with Crippen LogP contribution in [-0.4, -0.2) is 18.4 Å². The quantitative estimate of drug-likeness (QED) is 0.743. The summed E-state index contributed by atoms with van der Waals surface area (Å²) >= 11 is 0. The molecule has 0 radical (unpaired) electrons. The summed E-state index contributed by atoms with van der Waals surface area (Å²) < 4.78 is 23.1. The van der Waals surface area contributed by atoms with Gasteiger partial charge in [0.05, 0.1) is 0 Å². The van der Waals surface area contributed by atoms with Crippen molar-refractivity contribution in [2.45, 2.75) is 11.4 Å². The molecule has 0 saturated carbocycles. The molecular weight excluding hydrogens is 324 g/mol. The van der Waals surface area contributed by atoms with E-state index in [2.05, 4.69) is 15.3 Å². The van der Waals surface area contributed by atoms with Gasteiger partial charge in [0, 0.05) is 25.1 Å². The minimum atomic E-state index is -3.81. The van der Waals surface area contributed by atoms with Crippen LogP contribution < -0.4 is 10.5 Å². The van der Waals surface area contributed by atoms with Crippen LogP contribution in [0.1, 0.15) is 5.56 Å². The highest BCUT2D eigenvalue weighted by Crippen LogP contribution is 2.20. The van der Waals surface area contributed by atoms with Crippen LogP contribution >= 0.6 is 0 Å². The Morgan fingerprint density at radius 2 is 1.71 bits per heavy atom. The molecule has 2 aromatic heterocycles. The third-order valence-electron chi connectivity index (χ3n) is 3.49.